The molecular weight excluding hydrogens is 208 g/mol. The molecule has 0 amide bonds. The summed E-state index contributed by atoms with van der Waals surface area (Å²) < 4.78 is 0. The van der Waals surface area contributed by atoms with Crippen molar-refractivity contribution >= 4 is 11.9 Å². The van der Waals surface area contributed by atoms with Gasteiger partial charge in [0, 0.05) is 0 Å². The molecule has 0 aromatic carbocycles. The summed E-state index contributed by atoms with van der Waals surface area (Å²) in [5.74, 6) is -1.78. The van der Waals surface area contributed by atoms with Gasteiger partial charge >= 0.3 is 59.9 Å². The Hall–Kier alpha value is -0.372. The van der Waals surface area contributed by atoms with Gasteiger partial charge in [0.2, 0.25) is 0 Å². The Balaban J connectivity index is 3.10. The maximum atomic E-state index is 9.82. The number of carboxylic acid groups (broad SMARTS) is 2. The maximum absolute atomic E-state index is 9.82. The second-order valence-electron chi connectivity index (χ2n) is 1.28. The summed E-state index contributed by atoms with van der Waals surface area (Å²) in [6, 6.07) is 0. The molecule has 0 aliphatic carbocycles. The third-order valence-electron chi connectivity index (χ3n) is 0.451. The molecule has 52 valence electrons. The molecule has 0 saturated heterocycles. The predicted molar refractivity (Wildman–Crippen MR) is 24.9 cm³/mol. The molecule has 0 rings (SSSR count). The van der Waals surface area contributed by atoms with Crippen LogP contribution in [-0.4, -0.2) is 22.2 Å². The average molecular weight is 214 g/mol. The molecule has 0 bridgehead atoms. The van der Waals surface area contributed by atoms with Crippen LogP contribution in [0.15, 0.2) is 0 Å². The molecule has 0 atom stereocenters. The van der Waals surface area contributed by atoms with Crippen LogP contribution in [0.3, 0.4) is 0 Å². The van der Waals surface area contributed by atoms with Crippen molar-refractivity contribution in [3.8, 4) is 0 Å². The number of carboxylic acids is 2. The SMILES string of the molecule is O=C(O)[CH2][Mo][CH2]C(=O)O. The molecule has 0 aliphatic rings. The van der Waals surface area contributed by atoms with Crippen molar-refractivity contribution in [1.82, 2.24) is 0 Å². The van der Waals surface area contributed by atoms with Crippen molar-refractivity contribution in [2.45, 2.75) is 9.62 Å². The summed E-state index contributed by atoms with van der Waals surface area (Å²) in [7, 11) is 0. The van der Waals surface area contributed by atoms with Gasteiger partial charge in [0.1, 0.15) is 0 Å². The van der Waals surface area contributed by atoms with Gasteiger partial charge in [-0.15, -0.1) is 0 Å². The summed E-state index contributed by atoms with van der Waals surface area (Å²) in [5.41, 5.74) is 0. The summed E-state index contributed by atoms with van der Waals surface area (Å²) in [6.45, 7) is 0. The van der Waals surface area contributed by atoms with Crippen LogP contribution < -0.4 is 0 Å². The molecular formula is C4H6MoO4. The molecule has 0 saturated carbocycles. The van der Waals surface area contributed by atoms with Crippen molar-refractivity contribution in [3.05, 3.63) is 0 Å². The van der Waals surface area contributed by atoms with E-state index in [9.17, 15) is 9.59 Å². The summed E-state index contributed by atoms with van der Waals surface area (Å²) >= 11 is -0.813. The summed E-state index contributed by atoms with van der Waals surface area (Å²) in [6.07, 6.45) is 0. The Morgan fingerprint density at radius 2 is 1.44 bits per heavy atom. The number of aliphatic carboxylic acids is 2. The van der Waals surface area contributed by atoms with Gasteiger partial charge in [-0.1, -0.05) is 0 Å². The number of hydrogen-bond donors (Lipinski definition) is 2. The zero-order valence-corrected chi connectivity index (χ0v) is 6.54. The van der Waals surface area contributed by atoms with E-state index in [-0.39, 0.29) is 9.62 Å². The zero-order valence-electron chi connectivity index (χ0n) is 4.53. The van der Waals surface area contributed by atoms with Crippen molar-refractivity contribution in [2.24, 2.45) is 0 Å². The summed E-state index contributed by atoms with van der Waals surface area (Å²) in [5, 5.41) is 16.1. The number of hydrogen-bond acceptors (Lipinski definition) is 2. The zero-order chi connectivity index (χ0) is 7.28. The van der Waals surface area contributed by atoms with E-state index in [0.717, 1.165) is 0 Å². The minimum absolute atomic E-state index is 0.0668. The first-order valence-electron chi connectivity index (χ1n) is 2.14. The van der Waals surface area contributed by atoms with Crippen molar-refractivity contribution < 1.29 is 38.4 Å². The van der Waals surface area contributed by atoms with Gasteiger partial charge in [-0.2, -0.15) is 0 Å². The normalized spacial score (nSPS) is 8.89. The van der Waals surface area contributed by atoms with Crippen LogP contribution in [0.5, 0.6) is 0 Å². The molecule has 4 nitrogen and oxygen atoms in total. The Kier molecular flexibility index (Phi) is 4.32. The fourth-order valence-electron chi connectivity index (χ4n) is 0.226. The van der Waals surface area contributed by atoms with Crippen LogP contribution in [0.2, 0.25) is 9.62 Å². The van der Waals surface area contributed by atoms with Gasteiger partial charge in [0.15, 0.2) is 0 Å². The van der Waals surface area contributed by atoms with Gasteiger partial charge in [-0.05, 0) is 0 Å². The van der Waals surface area contributed by atoms with E-state index in [1.807, 2.05) is 0 Å². The van der Waals surface area contributed by atoms with Gasteiger partial charge in [-0.3, -0.25) is 0 Å². The number of carbonyl (C=O) groups is 2. The molecule has 0 unspecified atom stereocenters. The van der Waals surface area contributed by atoms with Crippen LogP contribution >= 0.6 is 0 Å². The van der Waals surface area contributed by atoms with Crippen LogP contribution in [0.25, 0.3) is 0 Å². The second-order valence-corrected chi connectivity index (χ2v) is 3.70. The van der Waals surface area contributed by atoms with Crippen LogP contribution in [-0.2, 0) is 28.2 Å². The van der Waals surface area contributed by atoms with Crippen LogP contribution in [0.4, 0.5) is 0 Å². The number of rotatable bonds is 4. The van der Waals surface area contributed by atoms with Crippen molar-refractivity contribution in [1.29, 1.82) is 0 Å². The quantitative estimate of drug-likeness (QED) is 0.649. The fraction of sp³-hybridized carbons (Fsp3) is 0.500. The van der Waals surface area contributed by atoms with E-state index < -0.39 is 30.5 Å². The second kappa shape index (κ2) is 4.50. The summed E-state index contributed by atoms with van der Waals surface area (Å²) in [4.78, 5) is 19.8. The van der Waals surface area contributed by atoms with Gasteiger partial charge in [0.25, 0.3) is 0 Å². The first kappa shape index (κ1) is 8.63. The molecule has 5 heteroatoms. The molecule has 0 radical (unpaired) electrons. The molecule has 0 spiro atoms. The van der Waals surface area contributed by atoms with Crippen LogP contribution in [0, 0.1) is 0 Å². The monoisotopic (exact) mass is 216 g/mol. The average Bonchev–Trinajstić information content (AvgIpc) is 1.63. The Labute approximate surface area is 60.4 Å². The van der Waals surface area contributed by atoms with Crippen LogP contribution in [0.1, 0.15) is 0 Å². The van der Waals surface area contributed by atoms with E-state index >= 15 is 0 Å². The molecule has 9 heavy (non-hydrogen) atoms. The first-order chi connectivity index (χ1) is 4.13. The van der Waals surface area contributed by atoms with E-state index in [4.69, 9.17) is 10.2 Å². The van der Waals surface area contributed by atoms with E-state index in [0.29, 0.717) is 0 Å². The molecule has 0 aromatic heterocycles. The van der Waals surface area contributed by atoms with Gasteiger partial charge in [-0.25, -0.2) is 0 Å². The Bertz CT molecular complexity index is 108. The van der Waals surface area contributed by atoms with Gasteiger partial charge < -0.3 is 0 Å². The Morgan fingerprint density at radius 3 is 1.67 bits per heavy atom. The van der Waals surface area contributed by atoms with Crippen molar-refractivity contribution in [3.63, 3.8) is 0 Å². The minimum atomic E-state index is -0.890. The van der Waals surface area contributed by atoms with Crippen molar-refractivity contribution in [2.75, 3.05) is 0 Å². The van der Waals surface area contributed by atoms with Gasteiger partial charge in [0.05, 0.1) is 0 Å². The molecule has 0 aromatic rings. The standard InChI is InChI=1S/2C2H3O2.Mo/c2*1-2(3)4;/h2*1H2,(H,3,4);. The third-order valence-corrected chi connectivity index (χ3v) is 2.67. The van der Waals surface area contributed by atoms with E-state index in [1.54, 1.807) is 0 Å². The predicted octanol–water partition coefficient (Wildman–Crippen LogP) is 0.0747. The fourth-order valence-corrected chi connectivity index (χ4v) is 1.33. The molecule has 0 aliphatic heterocycles. The first-order valence-corrected chi connectivity index (χ1v) is 4.98. The topological polar surface area (TPSA) is 74.6 Å². The third kappa shape index (κ3) is 7.63. The molecule has 0 fully saturated rings. The van der Waals surface area contributed by atoms with E-state index in [2.05, 4.69) is 0 Å². The Morgan fingerprint density at radius 1 is 1.11 bits per heavy atom. The molecule has 0 heterocycles. The van der Waals surface area contributed by atoms with E-state index in [1.165, 1.54) is 0 Å². The molecule has 2 N–H and O–H groups in total.